The Balaban J connectivity index is 2.19. The van der Waals surface area contributed by atoms with Crippen molar-refractivity contribution in [2.24, 2.45) is 0 Å². The first-order valence-corrected chi connectivity index (χ1v) is 8.87. The molecule has 0 bridgehead atoms. The van der Waals surface area contributed by atoms with Crippen molar-refractivity contribution >= 4 is 21.6 Å². The maximum atomic E-state index is 12.7. The molecular weight excluding hydrogens is 302 g/mol. The molecule has 1 aromatic rings. The van der Waals surface area contributed by atoms with E-state index in [0.29, 0.717) is 18.5 Å². The Hall–Kier alpha value is -1.56. The van der Waals surface area contributed by atoms with Crippen LogP contribution >= 0.6 is 0 Å². The SMILES string of the molecule is CC(C)(C)OC(=O)Nc1cccc(S(=O)(=O)C2(C)CCC2)c1. The quantitative estimate of drug-likeness (QED) is 0.918. The van der Waals surface area contributed by atoms with E-state index in [0.717, 1.165) is 6.42 Å². The number of sulfone groups is 1. The fourth-order valence-corrected chi connectivity index (χ4v) is 4.33. The Kier molecular flexibility index (Phi) is 4.26. The smallest absolute Gasteiger partial charge is 0.412 e. The average Bonchev–Trinajstić information content (AvgIpc) is 2.33. The molecule has 0 heterocycles. The van der Waals surface area contributed by atoms with Gasteiger partial charge in [-0.25, -0.2) is 13.2 Å². The van der Waals surface area contributed by atoms with Crippen LogP contribution in [0.5, 0.6) is 0 Å². The summed E-state index contributed by atoms with van der Waals surface area (Å²) in [6, 6.07) is 6.33. The van der Waals surface area contributed by atoms with Gasteiger partial charge in [0.2, 0.25) is 0 Å². The van der Waals surface area contributed by atoms with Crippen LogP contribution in [0.25, 0.3) is 0 Å². The van der Waals surface area contributed by atoms with Crippen LogP contribution in [-0.4, -0.2) is 24.9 Å². The monoisotopic (exact) mass is 325 g/mol. The molecule has 1 saturated carbocycles. The molecule has 0 aliphatic heterocycles. The highest BCUT2D eigenvalue weighted by molar-refractivity contribution is 7.92. The van der Waals surface area contributed by atoms with Crippen molar-refractivity contribution in [2.45, 2.75) is 62.2 Å². The van der Waals surface area contributed by atoms with E-state index in [1.807, 2.05) is 0 Å². The number of carbonyl (C=O) groups excluding carboxylic acids is 1. The minimum atomic E-state index is -3.39. The second-order valence-electron chi connectivity index (χ2n) is 6.96. The van der Waals surface area contributed by atoms with Crippen LogP contribution in [0.4, 0.5) is 10.5 Å². The molecule has 1 aliphatic rings. The maximum Gasteiger partial charge on any atom is 0.412 e. The minimum absolute atomic E-state index is 0.239. The number of nitrogens with one attached hydrogen (secondary N) is 1. The van der Waals surface area contributed by atoms with Crippen LogP contribution in [0.1, 0.15) is 47.0 Å². The van der Waals surface area contributed by atoms with Crippen molar-refractivity contribution in [3.63, 3.8) is 0 Å². The summed E-state index contributed by atoms with van der Waals surface area (Å²) in [4.78, 5) is 12.0. The van der Waals surface area contributed by atoms with Gasteiger partial charge in [-0.1, -0.05) is 12.5 Å². The highest BCUT2D eigenvalue weighted by Gasteiger charge is 2.45. The first-order valence-electron chi connectivity index (χ1n) is 7.38. The van der Waals surface area contributed by atoms with Gasteiger partial charge in [0, 0.05) is 5.69 Å². The molecule has 2 rings (SSSR count). The lowest BCUT2D eigenvalue weighted by atomic mass is 9.86. The van der Waals surface area contributed by atoms with E-state index < -0.39 is 26.3 Å². The standard InChI is InChI=1S/C16H23NO4S/c1-15(2,3)21-14(18)17-12-7-5-8-13(11-12)22(19,20)16(4)9-6-10-16/h5,7-8,11H,6,9-10H2,1-4H3,(H,17,18). The Morgan fingerprint density at radius 3 is 2.41 bits per heavy atom. The average molecular weight is 325 g/mol. The molecule has 0 radical (unpaired) electrons. The summed E-state index contributed by atoms with van der Waals surface area (Å²) in [5.74, 6) is 0. The van der Waals surface area contributed by atoms with Gasteiger partial charge in [0.05, 0.1) is 9.64 Å². The second-order valence-corrected chi connectivity index (χ2v) is 9.43. The van der Waals surface area contributed by atoms with Crippen molar-refractivity contribution in [3.05, 3.63) is 24.3 Å². The molecule has 1 aliphatic carbocycles. The zero-order valence-electron chi connectivity index (χ0n) is 13.5. The van der Waals surface area contributed by atoms with E-state index in [9.17, 15) is 13.2 Å². The van der Waals surface area contributed by atoms with E-state index in [1.54, 1.807) is 45.9 Å². The normalized spacial score (nSPS) is 17.5. The van der Waals surface area contributed by atoms with Crippen LogP contribution in [0.2, 0.25) is 0 Å². The zero-order valence-corrected chi connectivity index (χ0v) is 14.3. The van der Waals surface area contributed by atoms with Gasteiger partial charge in [-0.2, -0.15) is 0 Å². The highest BCUT2D eigenvalue weighted by Crippen LogP contribution is 2.42. The topological polar surface area (TPSA) is 72.5 Å². The number of hydrogen-bond donors (Lipinski definition) is 1. The third-order valence-electron chi connectivity index (χ3n) is 3.85. The number of anilines is 1. The van der Waals surface area contributed by atoms with Gasteiger partial charge in [0.1, 0.15) is 5.60 Å². The molecule has 122 valence electrons. The summed E-state index contributed by atoms with van der Waals surface area (Å²) >= 11 is 0. The van der Waals surface area contributed by atoms with Crippen molar-refractivity contribution < 1.29 is 17.9 Å². The summed E-state index contributed by atoms with van der Waals surface area (Å²) < 4.78 is 29.8. The predicted molar refractivity (Wildman–Crippen MR) is 85.7 cm³/mol. The molecule has 0 aromatic heterocycles. The minimum Gasteiger partial charge on any atom is -0.444 e. The Morgan fingerprint density at radius 2 is 1.91 bits per heavy atom. The summed E-state index contributed by atoms with van der Waals surface area (Å²) in [6.45, 7) is 7.08. The third kappa shape index (κ3) is 3.43. The molecule has 1 aromatic carbocycles. The summed E-state index contributed by atoms with van der Waals surface area (Å²) in [5.41, 5.74) is -0.189. The maximum absolute atomic E-state index is 12.7. The number of benzene rings is 1. The van der Waals surface area contributed by atoms with E-state index in [-0.39, 0.29) is 4.90 Å². The van der Waals surface area contributed by atoms with Crippen molar-refractivity contribution in [3.8, 4) is 0 Å². The van der Waals surface area contributed by atoms with Crippen molar-refractivity contribution in [1.82, 2.24) is 0 Å². The van der Waals surface area contributed by atoms with E-state index >= 15 is 0 Å². The molecule has 0 unspecified atom stereocenters. The predicted octanol–water partition coefficient (Wildman–Crippen LogP) is 3.75. The Labute approximate surface area is 132 Å². The van der Waals surface area contributed by atoms with Crippen LogP contribution in [0.3, 0.4) is 0 Å². The first-order chi connectivity index (χ1) is 10.0. The van der Waals surface area contributed by atoms with Gasteiger partial charge >= 0.3 is 6.09 Å². The van der Waals surface area contributed by atoms with Gasteiger partial charge in [-0.3, -0.25) is 5.32 Å². The van der Waals surface area contributed by atoms with Crippen molar-refractivity contribution in [1.29, 1.82) is 0 Å². The van der Waals surface area contributed by atoms with Gasteiger partial charge < -0.3 is 4.74 Å². The van der Waals surface area contributed by atoms with Crippen LogP contribution in [0, 0.1) is 0 Å². The first kappa shape index (κ1) is 16.8. The summed E-state index contributed by atoms with van der Waals surface area (Å²) in [6.07, 6.45) is 1.70. The van der Waals surface area contributed by atoms with Crippen LogP contribution in [-0.2, 0) is 14.6 Å². The number of hydrogen-bond acceptors (Lipinski definition) is 4. The van der Waals surface area contributed by atoms with Gasteiger partial charge in [-0.15, -0.1) is 0 Å². The van der Waals surface area contributed by atoms with Crippen LogP contribution < -0.4 is 5.32 Å². The Bertz CT molecular complexity index is 670. The highest BCUT2D eigenvalue weighted by atomic mass is 32.2. The van der Waals surface area contributed by atoms with E-state index in [1.165, 1.54) is 6.07 Å². The molecule has 22 heavy (non-hydrogen) atoms. The van der Waals surface area contributed by atoms with Gasteiger partial charge in [0.25, 0.3) is 0 Å². The number of carbonyl (C=O) groups is 1. The lowest BCUT2D eigenvalue weighted by molar-refractivity contribution is 0.0636. The number of ether oxygens (including phenoxy) is 1. The molecule has 0 saturated heterocycles. The van der Waals surface area contributed by atoms with E-state index in [2.05, 4.69) is 5.32 Å². The molecule has 1 fully saturated rings. The zero-order chi connectivity index (χ0) is 16.6. The Morgan fingerprint density at radius 1 is 1.27 bits per heavy atom. The summed E-state index contributed by atoms with van der Waals surface area (Å²) in [7, 11) is -3.39. The molecular formula is C16H23NO4S. The molecule has 1 N–H and O–H groups in total. The number of amides is 1. The van der Waals surface area contributed by atoms with Crippen molar-refractivity contribution in [2.75, 3.05) is 5.32 Å². The molecule has 0 atom stereocenters. The lowest BCUT2D eigenvalue weighted by Gasteiger charge is -2.37. The second kappa shape index (κ2) is 5.57. The van der Waals surface area contributed by atoms with Gasteiger partial charge in [0.15, 0.2) is 9.84 Å². The number of rotatable bonds is 3. The van der Waals surface area contributed by atoms with Crippen LogP contribution in [0.15, 0.2) is 29.2 Å². The largest absolute Gasteiger partial charge is 0.444 e. The van der Waals surface area contributed by atoms with Gasteiger partial charge in [-0.05, 0) is 58.7 Å². The fraction of sp³-hybridized carbons (Fsp3) is 0.562. The summed E-state index contributed by atoms with van der Waals surface area (Å²) in [5, 5.41) is 2.57. The molecule has 1 amide bonds. The lowest BCUT2D eigenvalue weighted by Crippen LogP contribution is -2.42. The fourth-order valence-electron chi connectivity index (χ4n) is 2.39. The molecule has 0 spiro atoms. The molecule has 6 heteroatoms. The molecule has 5 nitrogen and oxygen atoms in total. The van der Waals surface area contributed by atoms with E-state index in [4.69, 9.17) is 4.74 Å². The third-order valence-corrected chi connectivity index (χ3v) is 6.43.